The summed E-state index contributed by atoms with van der Waals surface area (Å²) < 4.78 is 0. The molecule has 0 aromatic heterocycles. The number of alkyl halides is 1. The lowest BCUT2D eigenvalue weighted by atomic mass is 9.95. The molecule has 0 heterocycles. The van der Waals surface area contributed by atoms with Gasteiger partial charge in [0.2, 0.25) is 5.91 Å². The first-order valence-corrected chi connectivity index (χ1v) is 8.14. The second-order valence-corrected chi connectivity index (χ2v) is 6.49. The number of hydrogen-bond acceptors (Lipinski definition) is 1. The summed E-state index contributed by atoms with van der Waals surface area (Å²) in [6.07, 6.45) is 7.33. The average Bonchev–Trinajstić information content (AvgIpc) is 2.43. The van der Waals surface area contributed by atoms with E-state index in [9.17, 15) is 4.79 Å². The first-order chi connectivity index (χ1) is 9.25. The fourth-order valence-corrected chi connectivity index (χ4v) is 3.35. The number of benzene rings is 1. The molecule has 2 atom stereocenters. The second kappa shape index (κ2) is 7.68. The van der Waals surface area contributed by atoms with Gasteiger partial charge in [0.25, 0.3) is 0 Å². The van der Waals surface area contributed by atoms with E-state index in [0.717, 1.165) is 19.3 Å². The van der Waals surface area contributed by atoms with E-state index in [1.807, 2.05) is 18.2 Å². The van der Waals surface area contributed by atoms with Crippen molar-refractivity contribution in [1.82, 2.24) is 5.32 Å². The standard InChI is InChI=1S/C16H22BrNO/c17-14-10-4-5-11-15(14)18-16(19)12-6-9-13-7-2-1-3-8-13/h1-3,7-8,14-15H,4-6,9-12H2,(H,18,19). The van der Waals surface area contributed by atoms with Gasteiger partial charge in [0.15, 0.2) is 0 Å². The minimum absolute atomic E-state index is 0.201. The van der Waals surface area contributed by atoms with Crippen LogP contribution in [-0.2, 0) is 11.2 Å². The van der Waals surface area contributed by atoms with Crippen molar-refractivity contribution in [3.05, 3.63) is 35.9 Å². The van der Waals surface area contributed by atoms with Gasteiger partial charge in [-0.25, -0.2) is 0 Å². The fourth-order valence-electron chi connectivity index (χ4n) is 2.62. The topological polar surface area (TPSA) is 29.1 Å². The average molecular weight is 324 g/mol. The Bertz CT molecular complexity index is 393. The lowest BCUT2D eigenvalue weighted by molar-refractivity contribution is -0.122. The lowest BCUT2D eigenvalue weighted by Gasteiger charge is -2.28. The Hall–Kier alpha value is -0.830. The molecular weight excluding hydrogens is 302 g/mol. The number of nitrogens with one attached hydrogen (secondary N) is 1. The number of carbonyl (C=O) groups excluding carboxylic acids is 1. The SMILES string of the molecule is O=C(CCCc1ccccc1)NC1CCCCC1Br. The highest BCUT2D eigenvalue weighted by molar-refractivity contribution is 9.09. The molecule has 3 heteroatoms. The first kappa shape index (κ1) is 14.6. The number of hydrogen-bond donors (Lipinski definition) is 1. The van der Waals surface area contributed by atoms with Crippen LogP contribution in [0.2, 0.25) is 0 Å². The van der Waals surface area contributed by atoms with Crippen LogP contribution in [0.15, 0.2) is 30.3 Å². The van der Waals surface area contributed by atoms with E-state index in [4.69, 9.17) is 0 Å². The Labute approximate surface area is 124 Å². The molecule has 1 aliphatic rings. The van der Waals surface area contributed by atoms with Gasteiger partial charge in [-0.1, -0.05) is 59.1 Å². The molecular formula is C16H22BrNO. The predicted molar refractivity (Wildman–Crippen MR) is 82.5 cm³/mol. The third-order valence-corrected chi connectivity index (χ3v) is 4.84. The lowest BCUT2D eigenvalue weighted by Crippen LogP contribution is -2.42. The molecule has 1 fully saturated rings. The zero-order valence-corrected chi connectivity index (χ0v) is 12.9. The third kappa shape index (κ3) is 4.98. The molecule has 1 saturated carbocycles. The zero-order chi connectivity index (χ0) is 13.5. The summed E-state index contributed by atoms with van der Waals surface area (Å²) in [5.41, 5.74) is 1.31. The Kier molecular flexibility index (Phi) is 5.90. The van der Waals surface area contributed by atoms with Crippen LogP contribution in [0.4, 0.5) is 0 Å². The van der Waals surface area contributed by atoms with Gasteiger partial charge in [0.1, 0.15) is 0 Å². The number of aryl methyl sites for hydroxylation is 1. The van der Waals surface area contributed by atoms with Crippen molar-refractivity contribution in [2.24, 2.45) is 0 Å². The van der Waals surface area contributed by atoms with Crippen LogP contribution >= 0.6 is 15.9 Å². The highest BCUT2D eigenvalue weighted by Gasteiger charge is 2.23. The highest BCUT2D eigenvalue weighted by atomic mass is 79.9. The van der Waals surface area contributed by atoms with Gasteiger partial charge < -0.3 is 5.32 Å². The third-order valence-electron chi connectivity index (χ3n) is 3.74. The molecule has 0 spiro atoms. The first-order valence-electron chi connectivity index (χ1n) is 7.23. The summed E-state index contributed by atoms with van der Waals surface area (Å²) >= 11 is 3.67. The van der Waals surface area contributed by atoms with Gasteiger partial charge in [0, 0.05) is 17.3 Å². The molecule has 0 radical (unpaired) electrons. The van der Waals surface area contributed by atoms with Crippen LogP contribution in [0.1, 0.15) is 44.1 Å². The van der Waals surface area contributed by atoms with E-state index in [1.54, 1.807) is 0 Å². The van der Waals surface area contributed by atoms with E-state index in [-0.39, 0.29) is 5.91 Å². The molecule has 0 aliphatic heterocycles. The van der Waals surface area contributed by atoms with E-state index in [0.29, 0.717) is 17.3 Å². The molecule has 1 aromatic carbocycles. The molecule has 1 aliphatic carbocycles. The second-order valence-electron chi connectivity index (χ2n) is 5.31. The summed E-state index contributed by atoms with van der Waals surface area (Å²) in [7, 11) is 0. The van der Waals surface area contributed by atoms with Gasteiger partial charge in [-0.2, -0.15) is 0 Å². The maximum Gasteiger partial charge on any atom is 0.220 e. The predicted octanol–water partition coefficient (Wildman–Crippen LogP) is 3.83. The Balaban J connectivity index is 1.67. The summed E-state index contributed by atoms with van der Waals surface area (Å²) in [4.78, 5) is 12.4. The van der Waals surface area contributed by atoms with Gasteiger partial charge in [-0.3, -0.25) is 4.79 Å². The van der Waals surface area contributed by atoms with Crippen LogP contribution in [0.25, 0.3) is 0 Å². The Morgan fingerprint density at radius 1 is 1.21 bits per heavy atom. The molecule has 104 valence electrons. The van der Waals surface area contributed by atoms with Crippen LogP contribution < -0.4 is 5.32 Å². The minimum atomic E-state index is 0.201. The van der Waals surface area contributed by atoms with Gasteiger partial charge in [-0.05, 0) is 31.2 Å². The number of amides is 1. The van der Waals surface area contributed by atoms with Crippen molar-refractivity contribution in [2.45, 2.75) is 55.8 Å². The zero-order valence-electron chi connectivity index (χ0n) is 11.3. The fraction of sp³-hybridized carbons (Fsp3) is 0.562. The molecule has 1 aromatic rings. The number of rotatable bonds is 5. The Morgan fingerprint density at radius 3 is 2.68 bits per heavy atom. The quantitative estimate of drug-likeness (QED) is 0.820. The summed E-state index contributed by atoms with van der Waals surface area (Å²) in [6.45, 7) is 0. The van der Waals surface area contributed by atoms with E-state index in [1.165, 1.54) is 24.8 Å². The Morgan fingerprint density at radius 2 is 1.95 bits per heavy atom. The van der Waals surface area contributed by atoms with Crippen molar-refractivity contribution in [3.8, 4) is 0 Å². The molecule has 2 rings (SSSR count). The van der Waals surface area contributed by atoms with Gasteiger partial charge in [-0.15, -0.1) is 0 Å². The maximum absolute atomic E-state index is 11.9. The largest absolute Gasteiger partial charge is 0.352 e. The van der Waals surface area contributed by atoms with Crippen molar-refractivity contribution < 1.29 is 4.79 Å². The number of carbonyl (C=O) groups is 1. The van der Waals surface area contributed by atoms with E-state index < -0.39 is 0 Å². The molecule has 2 nitrogen and oxygen atoms in total. The summed E-state index contributed by atoms with van der Waals surface area (Å²) in [5, 5.41) is 3.17. The van der Waals surface area contributed by atoms with E-state index >= 15 is 0 Å². The monoisotopic (exact) mass is 323 g/mol. The minimum Gasteiger partial charge on any atom is -0.352 e. The van der Waals surface area contributed by atoms with Gasteiger partial charge >= 0.3 is 0 Å². The van der Waals surface area contributed by atoms with Crippen molar-refractivity contribution in [3.63, 3.8) is 0 Å². The molecule has 2 unspecified atom stereocenters. The molecule has 0 saturated heterocycles. The van der Waals surface area contributed by atoms with Crippen LogP contribution in [0, 0.1) is 0 Å². The smallest absolute Gasteiger partial charge is 0.220 e. The highest BCUT2D eigenvalue weighted by Crippen LogP contribution is 2.24. The maximum atomic E-state index is 11.9. The van der Waals surface area contributed by atoms with Crippen LogP contribution in [0.5, 0.6) is 0 Å². The number of halogens is 1. The van der Waals surface area contributed by atoms with Crippen LogP contribution in [-0.4, -0.2) is 16.8 Å². The molecule has 1 N–H and O–H groups in total. The van der Waals surface area contributed by atoms with Gasteiger partial charge in [0.05, 0.1) is 0 Å². The van der Waals surface area contributed by atoms with Crippen molar-refractivity contribution in [2.75, 3.05) is 0 Å². The normalized spacial score (nSPS) is 23.0. The summed E-state index contributed by atoms with van der Waals surface area (Å²) in [5.74, 6) is 0.201. The van der Waals surface area contributed by atoms with Crippen molar-refractivity contribution >= 4 is 21.8 Å². The van der Waals surface area contributed by atoms with E-state index in [2.05, 4.69) is 33.4 Å². The van der Waals surface area contributed by atoms with Crippen LogP contribution in [0.3, 0.4) is 0 Å². The molecule has 19 heavy (non-hydrogen) atoms. The van der Waals surface area contributed by atoms with Crippen molar-refractivity contribution in [1.29, 1.82) is 0 Å². The summed E-state index contributed by atoms with van der Waals surface area (Å²) in [6, 6.07) is 10.7. The molecule has 1 amide bonds. The molecule has 0 bridgehead atoms.